The van der Waals surface area contributed by atoms with Gasteiger partial charge in [0.1, 0.15) is 5.76 Å². The maximum Gasteiger partial charge on any atom is 0.287 e. The Kier molecular flexibility index (Phi) is 4.34. The Morgan fingerprint density at radius 2 is 2.12 bits per heavy atom. The Balaban J connectivity index is 1.71. The first-order valence-electron chi connectivity index (χ1n) is 8.11. The van der Waals surface area contributed by atoms with Gasteiger partial charge in [-0.25, -0.2) is 4.98 Å². The van der Waals surface area contributed by atoms with E-state index in [9.17, 15) is 9.59 Å². The van der Waals surface area contributed by atoms with Crippen molar-refractivity contribution < 1.29 is 14.0 Å². The minimum absolute atomic E-state index is 0.0690. The zero-order valence-electron chi connectivity index (χ0n) is 14.5. The van der Waals surface area contributed by atoms with Gasteiger partial charge in [-0.05, 0) is 19.3 Å². The summed E-state index contributed by atoms with van der Waals surface area (Å²) in [5.74, 6) is 0.716. The van der Waals surface area contributed by atoms with Crippen molar-refractivity contribution in [3.63, 3.8) is 0 Å². The third-order valence-electron chi connectivity index (χ3n) is 4.32. The number of amides is 1. The van der Waals surface area contributed by atoms with Gasteiger partial charge in [-0.15, -0.1) is 11.3 Å². The fourth-order valence-corrected chi connectivity index (χ4v) is 3.85. The molecule has 2 aromatic rings. The first kappa shape index (κ1) is 16.9. The van der Waals surface area contributed by atoms with Crippen LogP contribution in [-0.4, -0.2) is 23.2 Å². The molecule has 3 rings (SSSR count). The van der Waals surface area contributed by atoms with Gasteiger partial charge in [0.05, 0.1) is 16.3 Å². The van der Waals surface area contributed by atoms with Crippen LogP contribution in [0.5, 0.6) is 0 Å². The van der Waals surface area contributed by atoms with Crippen LogP contribution < -0.4 is 5.32 Å². The number of aryl methyl sites for hydroxylation is 1. The van der Waals surface area contributed by atoms with Crippen molar-refractivity contribution >= 4 is 23.0 Å². The molecule has 5 nitrogen and oxygen atoms in total. The van der Waals surface area contributed by atoms with E-state index in [-0.39, 0.29) is 22.9 Å². The summed E-state index contributed by atoms with van der Waals surface area (Å²) in [7, 11) is 0. The van der Waals surface area contributed by atoms with Crippen LogP contribution in [0.3, 0.4) is 0 Å². The highest BCUT2D eigenvalue weighted by Crippen LogP contribution is 2.38. The monoisotopic (exact) mass is 346 g/mol. The number of thiazole rings is 1. The first-order chi connectivity index (χ1) is 11.3. The Morgan fingerprint density at radius 3 is 2.79 bits per heavy atom. The summed E-state index contributed by atoms with van der Waals surface area (Å²) in [6.45, 7) is 8.33. The number of carbonyl (C=O) groups is 2. The third-order valence-corrected chi connectivity index (χ3v) is 5.14. The summed E-state index contributed by atoms with van der Waals surface area (Å²) in [6, 6.07) is 0. The molecule has 6 heteroatoms. The maximum atomic E-state index is 12.4. The molecule has 24 heavy (non-hydrogen) atoms. The number of hydrogen-bond donors (Lipinski definition) is 1. The SMILES string of the molecule is Cc1nc(CCNC(=O)c2oc3c(c2C)C(=O)CC(C)(C)C3)cs1. The summed E-state index contributed by atoms with van der Waals surface area (Å²) < 4.78 is 5.77. The zero-order valence-corrected chi connectivity index (χ0v) is 15.3. The number of Topliss-reactive ketones (excluding diaryl/α,β-unsaturated/α-hetero) is 1. The molecule has 128 valence electrons. The van der Waals surface area contributed by atoms with Crippen LogP contribution in [0, 0.1) is 19.3 Å². The topological polar surface area (TPSA) is 72.2 Å². The van der Waals surface area contributed by atoms with Crippen LogP contribution in [0.4, 0.5) is 0 Å². The van der Waals surface area contributed by atoms with Gasteiger partial charge in [-0.3, -0.25) is 9.59 Å². The average Bonchev–Trinajstić information content (AvgIpc) is 3.01. The van der Waals surface area contributed by atoms with E-state index >= 15 is 0 Å². The highest BCUT2D eigenvalue weighted by molar-refractivity contribution is 7.09. The van der Waals surface area contributed by atoms with Gasteiger partial charge in [0, 0.05) is 36.8 Å². The molecule has 0 atom stereocenters. The van der Waals surface area contributed by atoms with Crippen molar-refractivity contribution in [3.8, 4) is 0 Å². The fraction of sp³-hybridized carbons (Fsp3) is 0.500. The number of ketones is 1. The van der Waals surface area contributed by atoms with Crippen molar-refractivity contribution in [1.29, 1.82) is 0 Å². The Labute approximate surface area is 145 Å². The molecule has 1 N–H and O–H groups in total. The number of carbonyl (C=O) groups excluding carboxylic acids is 2. The Bertz CT molecular complexity index is 801. The second kappa shape index (κ2) is 6.16. The lowest BCUT2D eigenvalue weighted by molar-refractivity contribution is 0.0889. The smallest absolute Gasteiger partial charge is 0.287 e. The summed E-state index contributed by atoms with van der Waals surface area (Å²) in [5.41, 5.74) is 2.12. The molecule has 2 heterocycles. The molecule has 0 saturated carbocycles. The molecule has 0 unspecified atom stereocenters. The molecule has 0 aromatic carbocycles. The normalized spacial score (nSPS) is 16.1. The van der Waals surface area contributed by atoms with E-state index in [0.29, 0.717) is 42.7 Å². The van der Waals surface area contributed by atoms with Gasteiger partial charge in [-0.2, -0.15) is 0 Å². The lowest BCUT2D eigenvalue weighted by atomic mass is 9.76. The number of hydrogen-bond acceptors (Lipinski definition) is 5. The van der Waals surface area contributed by atoms with Crippen molar-refractivity contribution in [3.05, 3.63) is 38.7 Å². The lowest BCUT2D eigenvalue weighted by Crippen LogP contribution is -2.26. The van der Waals surface area contributed by atoms with Crippen LogP contribution in [0.15, 0.2) is 9.80 Å². The minimum Gasteiger partial charge on any atom is -0.455 e. The fourth-order valence-electron chi connectivity index (χ4n) is 3.21. The van der Waals surface area contributed by atoms with Gasteiger partial charge in [-0.1, -0.05) is 13.8 Å². The molecule has 0 saturated heterocycles. The molecular formula is C18H22N2O3S. The second-order valence-electron chi connectivity index (χ2n) is 7.16. The highest BCUT2D eigenvalue weighted by Gasteiger charge is 2.36. The quantitative estimate of drug-likeness (QED) is 0.920. The van der Waals surface area contributed by atoms with Crippen LogP contribution in [0.25, 0.3) is 0 Å². The highest BCUT2D eigenvalue weighted by atomic mass is 32.1. The minimum atomic E-state index is -0.264. The molecule has 0 aliphatic heterocycles. The number of furan rings is 1. The second-order valence-corrected chi connectivity index (χ2v) is 8.22. The summed E-state index contributed by atoms with van der Waals surface area (Å²) in [4.78, 5) is 29.1. The predicted octanol–water partition coefficient (Wildman–Crippen LogP) is 3.48. The number of aromatic nitrogens is 1. The van der Waals surface area contributed by atoms with Crippen LogP contribution in [0.2, 0.25) is 0 Å². The number of rotatable bonds is 4. The molecule has 1 aliphatic carbocycles. The van der Waals surface area contributed by atoms with Crippen molar-refractivity contribution in [2.24, 2.45) is 5.41 Å². The molecular weight excluding hydrogens is 324 g/mol. The zero-order chi connectivity index (χ0) is 17.5. The Hall–Kier alpha value is -1.95. The Morgan fingerprint density at radius 1 is 1.38 bits per heavy atom. The van der Waals surface area contributed by atoms with Crippen molar-refractivity contribution in [2.45, 2.75) is 47.0 Å². The number of fused-ring (bicyclic) bond motifs is 1. The molecule has 0 spiro atoms. The first-order valence-corrected chi connectivity index (χ1v) is 8.99. The molecule has 1 amide bonds. The van der Waals surface area contributed by atoms with Crippen LogP contribution in [-0.2, 0) is 12.8 Å². The van der Waals surface area contributed by atoms with Crippen LogP contribution >= 0.6 is 11.3 Å². The van der Waals surface area contributed by atoms with Gasteiger partial charge < -0.3 is 9.73 Å². The number of nitrogens with one attached hydrogen (secondary N) is 1. The van der Waals surface area contributed by atoms with Crippen molar-refractivity contribution in [1.82, 2.24) is 10.3 Å². The van der Waals surface area contributed by atoms with Gasteiger partial charge in [0.25, 0.3) is 5.91 Å². The van der Waals surface area contributed by atoms with E-state index < -0.39 is 0 Å². The maximum absolute atomic E-state index is 12.4. The lowest BCUT2D eigenvalue weighted by Gasteiger charge is -2.27. The van der Waals surface area contributed by atoms with Gasteiger partial charge in [0.15, 0.2) is 11.5 Å². The average molecular weight is 346 g/mol. The van der Waals surface area contributed by atoms with Crippen LogP contribution in [0.1, 0.15) is 63.2 Å². The molecule has 2 aromatic heterocycles. The van der Waals surface area contributed by atoms with E-state index in [4.69, 9.17) is 4.42 Å². The van der Waals surface area contributed by atoms with Gasteiger partial charge in [0.2, 0.25) is 0 Å². The summed E-state index contributed by atoms with van der Waals surface area (Å²) in [5, 5.41) is 5.88. The van der Waals surface area contributed by atoms with Crippen molar-refractivity contribution in [2.75, 3.05) is 6.54 Å². The largest absolute Gasteiger partial charge is 0.455 e. The standard InChI is InChI=1S/C18H22N2O3S/c1-10-15-13(21)7-18(3,4)8-14(15)23-16(10)17(22)19-6-5-12-9-24-11(2)20-12/h9H,5-8H2,1-4H3,(H,19,22). The van der Waals surface area contributed by atoms with E-state index in [0.717, 1.165) is 10.7 Å². The molecule has 0 fully saturated rings. The van der Waals surface area contributed by atoms with E-state index in [1.165, 1.54) is 0 Å². The third kappa shape index (κ3) is 3.29. The molecule has 1 aliphatic rings. The van der Waals surface area contributed by atoms with E-state index in [1.807, 2.05) is 26.2 Å². The number of nitrogens with zero attached hydrogens (tertiary/aromatic N) is 1. The van der Waals surface area contributed by atoms with Gasteiger partial charge >= 0.3 is 0 Å². The summed E-state index contributed by atoms with van der Waals surface area (Å²) in [6.07, 6.45) is 1.85. The van der Waals surface area contributed by atoms with E-state index in [1.54, 1.807) is 18.3 Å². The van der Waals surface area contributed by atoms with E-state index in [2.05, 4.69) is 10.3 Å². The predicted molar refractivity (Wildman–Crippen MR) is 92.8 cm³/mol. The molecule has 0 bridgehead atoms. The summed E-state index contributed by atoms with van der Waals surface area (Å²) >= 11 is 1.60. The molecule has 0 radical (unpaired) electrons.